The Morgan fingerprint density at radius 2 is 1.88 bits per heavy atom. The minimum atomic E-state index is -4.49. The first kappa shape index (κ1) is 32.6. The highest BCUT2D eigenvalue weighted by atomic mass is 32.1. The van der Waals surface area contributed by atoms with Gasteiger partial charge in [-0.25, -0.2) is 4.98 Å². The summed E-state index contributed by atoms with van der Waals surface area (Å²) in [5.74, 6) is -0.221. The number of thiocarbonyl (C=S) groups is 1. The molecule has 7 nitrogen and oxygen atoms in total. The summed E-state index contributed by atoms with van der Waals surface area (Å²) in [5, 5.41) is 15.6. The van der Waals surface area contributed by atoms with Crippen LogP contribution in [0.25, 0.3) is 0 Å². The van der Waals surface area contributed by atoms with E-state index < -0.39 is 11.7 Å². The van der Waals surface area contributed by atoms with Gasteiger partial charge in [-0.3, -0.25) is 4.79 Å². The Kier molecular flexibility index (Phi) is 12.4. The first-order valence-electron chi connectivity index (χ1n) is 14.1. The third kappa shape index (κ3) is 9.87. The molecule has 0 aliphatic carbocycles. The summed E-state index contributed by atoms with van der Waals surface area (Å²) >= 11 is 5.62. The number of nitriles is 1. The fraction of sp³-hybridized carbons (Fsp3) is 0.419. The molecule has 11 heteroatoms. The Hall–Kier alpha value is -3.91. The lowest BCUT2D eigenvalue weighted by molar-refractivity contribution is -0.138. The zero-order valence-electron chi connectivity index (χ0n) is 24.0. The second kappa shape index (κ2) is 15.9. The number of halogens is 3. The smallest absolute Gasteiger partial charge is 0.363 e. The van der Waals surface area contributed by atoms with Gasteiger partial charge in [0.05, 0.1) is 29.9 Å². The maximum atomic E-state index is 13.7. The van der Waals surface area contributed by atoms with E-state index in [4.69, 9.17) is 17.5 Å². The largest absolute Gasteiger partial charge is 0.416 e. The number of amides is 1. The van der Waals surface area contributed by atoms with E-state index in [0.29, 0.717) is 30.2 Å². The topological polar surface area (TPSA) is 86.0 Å². The van der Waals surface area contributed by atoms with Crippen LogP contribution in [0, 0.1) is 11.3 Å². The summed E-state index contributed by atoms with van der Waals surface area (Å²) in [5.41, 5.74) is 1.68. The second-order valence-electron chi connectivity index (χ2n) is 10.1. The Bertz CT molecular complexity index is 1350. The van der Waals surface area contributed by atoms with Crippen molar-refractivity contribution in [1.82, 2.24) is 25.1 Å². The third-order valence-corrected chi connectivity index (χ3v) is 7.31. The van der Waals surface area contributed by atoms with Gasteiger partial charge in [-0.05, 0) is 54.4 Å². The van der Waals surface area contributed by atoms with Gasteiger partial charge in [0.25, 0.3) is 0 Å². The van der Waals surface area contributed by atoms with Gasteiger partial charge in [-0.1, -0.05) is 57.0 Å². The van der Waals surface area contributed by atoms with Crippen LogP contribution in [0.5, 0.6) is 0 Å². The van der Waals surface area contributed by atoms with E-state index in [-0.39, 0.29) is 37.0 Å². The maximum absolute atomic E-state index is 13.7. The van der Waals surface area contributed by atoms with Crippen LogP contribution in [-0.2, 0) is 30.5 Å². The monoisotopic (exact) mass is 598 g/mol. The molecule has 2 aromatic carbocycles. The number of nitrogens with zero attached hydrogens (tertiary/aromatic N) is 4. The van der Waals surface area contributed by atoms with Crippen LogP contribution in [0.15, 0.2) is 61.1 Å². The SMILES string of the molecule is CCCCCNC(=S)N(Cc1ccccc1C(F)(F)F)C[C@H](CC)NC(=O)Cc1cncn1Cc1ccc(C#N)cc1. The van der Waals surface area contributed by atoms with Crippen LogP contribution in [0.1, 0.15) is 67.5 Å². The number of unbranched alkanes of at least 4 members (excludes halogenated alkanes) is 2. The molecule has 2 N–H and O–H groups in total. The number of rotatable bonds is 14. The van der Waals surface area contributed by atoms with E-state index in [1.165, 1.54) is 12.1 Å². The van der Waals surface area contributed by atoms with Crippen molar-refractivity contribution in [2.24, 2.45) is 0 Å². The van der Waals surface area contributed by atoms with Gasteiger partial charge in [-0.15, -0.1) is 0 Å². The van der Waals surface area contributed by atoms with Crippen molar-refractivity contribution in [2.75, 3.05) is 13.1 Å². The standard InChI is InChI=1S/C31H37F3N6OS/c1-3-5-8-15-37-30(42)39(20-25-9-6-7-10-28(25)31(32,33)34)21-26(4-2)38-29(41)16-27-18-36-22-40(27)19-24-13-11-23(17-35)12-14-24/h6-7,9-14,18,22,26H,3-5,8,15-16,19-21H2,1-2H3,(H,37,42)(H,38,41)/t26-/m0/s1. The molecule has 1 atom stereocenters. The molecule has 0 saturated heterocycles. The first-order valence-corrected chi connectivity index (χ1v) is 14.5. The number of imidazole rings is 1. The van der Waals surface area contributed by atoms with Crippen molar-refractivity contribution < 1.29 is 18.0 Å². The van der Waals surface area contributed by atoms with Crippen LogP contribution < -0.4 is 10.6 Å². The van der Waals surface area contributed by atoms with Crippen molar-refractivity contribution in [3.63, 3.8) is 0 Å². The zero-order chi connectivity index (χ0) is 30.5. The highest BCUT2D eigenvalue weighted by Crippen LogP contribution is 2.32. The van der Waals surface area contributed by atoms with Gasteiger partial charge in [-0.2, -0.15) is 18.4 Å². The van der Waals surface area contributed by atoms with Gasteiger partial charge in [0.1, 0.15) is 0 Å². The minimum Gasteiger partial charge on any atom is -0.363 e. The number of carbonyl (C=O) groups excluding carboxylic acids is 1. The predicted octanol–water partition coefficient (Wildman–Crippen LogP) is 5.83. The average Bonchev–Trinajstić information content (AvgIpc) is 3.40. The molecule has 0 fully saturated rings. The quantitative estimate of drug-likeness (QED) is 0.180. The molecule has 0 radical (unpaired) electrons. The van der Waals surface area contributed by atoms with Crippen molar-refractivity contribution >= 4 is 23.2 Å². The third-order valence-electron chi connectivity index (χ3n) is 6.90. The summed E-state index contributed by atoms with van der Waals surface area (Å²) in [4.78, 5) is 19.0. The average molecular weight is 599 g/mol. The predicted molar refractivity (Wildman–Crippen MR) is 160 cm³/mol. The van der Waals surface area contributed by atoms with Crippen molar-refractivity contribution in [3.8, 4) is 6.07 Å². The van der Waals surface area contributed by atoms with Crippen LogP contribution in [0.2, 0.25) is 0 Å². The van der Waals surface area contributed by atoms with E-state index in [1.54, 1.807) is 35.6 Å². The summed E-state index contributed by atoms with van der Waals surface area (Å²) in [6.07, 6.45) is 2.40. The minimum absolute atomic E-state index is 0.0426. The van der Waals surface area contributed by atoms with Gasteiger partial charge >= 0.3 is 6.18 Å². The molecule has 0 aliphatic heterocycles. The fourth-order valence-electron chi connectivity index (χ4n) is 4.55. The molecular formula is C31H37F3N6OS. The lowest BCUT2D eigenvalue weighted by Gasteiger charge is -2.31. The molecule has 0 saturated carbocycles. The normalized spacial score (nSPS) is 11.9. The van der Waals surface area contributed by atoms with Crippen LogP contribution in [0.4, 0.5) is 13.2 Å². The Morgan fingerprint density at radius 3 is 2.55 bits per heavy atom. The van der Waals surface area contributed by atoms with Gasteiger partial charge < -0.3 is 20.1 Å². The lowest BCUT2D eigenvalue weighted by Crippen LogP contribution is -2.48. The van der Waals surface area contributed by atoms with Crippen molar-refractivity contribution in [2.45, 2.75) is 71.3 Å². The summed E-state index contributed by atoms with van der Waals surface area (Å²) in [6, 6.07) is 14.5. The van der Waals surface area contributed by atoms with Gasteiger partial charge in [0.2, 0.25) is 5.91 Å². The molecule has 1 amide bonds. The van der Waals surface area contributed by atoms with Gasteiger partial charge in [0, 0.05) is 44.1 Å². The molecule has 42 heavy (non-hydrogen) atoms. The number of hydrogen-bond donors (Lipinski definition) is 2. The van der Waals surface area contributed by atoms with E-state index >= 15 is 0 Å². The van der Waals surface area contributed by atoms with E-state index in [2.05, 4.69) is 28.6 Å². The van der Waals surface area contributed by atoms with Crippen molar-refractivity contribution in [3.05, 3.63) is 89.0 Å². The molecular weight excluding hydrogens is 561 g/mol. The summed E-state index contributed by atoms with van der Waals surface area (Å²) in [6.45, 7) is 5.33. The van der Waals surface area contributed by atoms with Gasteiger partial charge in [0.15, 0.2) is 5.11 Å². The molecule has 0 aliphatic rings. The molecule has 3 aromatic rings. The van der Waals surface area contributed by atoms with Crippen molar-refractivity contribution in [1.29, 1.82) is 5.26 Å². The molecule has 0 spiro atoms. The van der Waals surface area contributed by atoms with Crippen LogP contribution in [-0.4, -0.2) is 44.6 Å². The Morgan fingerprint density at radius 1 is 1.14 bits per heavy atom. The summed E-state index contributed by atoms with van der Waals surface area (Å²) < 4.78 is 43.1. The van der Waals surface area contributed by atoms with E-state index in [9.17, 15) is 18.0 Å². The fourth-order valence-corrected chi connectivity index (χ4v) is 4.79. The highest BCUT2D eigenvalue weighted by molar-refractivity contribution is 7.80. The number of hydrogen-bond acceptors (Lipinski definition) is 4. The molecule has 1 heterocycles. The Balaban J connectivity index is 1.70. The van der Waals surface area contributed by atoms with Crippen LogP contribution in [0.3, 0.4) is 0 Å². The molecule has 3 rings (SSSR count). The number of aromatic nitrogens is 2. The zero-order valence-corrected chi connectivity index (χ0v) is 24.8. The molecule has 224 valence electrons. The lowest BCUT2D eigenvalue weighted by atomic mass is 10.1. The maximum Gasteiger partial charge on any atom is 0.416 e. The summed E-state index contributed by atoms with van der Waals surface area (Å²) in [7, 11) is 0. The number of nitrogens with one attached hydrogen (secondary N) is 2. The number of benzene rings is 2. The Labute approximate surface area is 250 Å². The first-order chi connectivity index (χ1) is 20.1. The van der Waals surface area contributed by atoms with E-state index in [0.717, 1.165) is 36.6 Å². The van der Waals surface area contributed by atoms with E-state index in [1.807, 2.05) is 23.6 Å². The molecule has 0 bridgehead atoms. The number of carbonyl (C=O) groups is 1. The van der Waals surface area contributed by atoms with Crippen LogP contribution >= 0.6 is 12.2 Å². The molecule has 0 unspecified atom stereocenters. The number of alkyl halides is 3. The highest BCUT2D eigenvalue weighted by Gasteiger charge is 2.33. The second-order valence-corrected chi connectivity index (χ2v) is 10.5. The molecule has 1 aromatic heterocycles.